The lowest BCUT2D eigenvalue weighted by Gasteiger charge is -2.31. The van der Waals surface area contributed by atoms with Crippen LogP contribution in [0, 0.1) is 0 Å². The Balaban J connectivity index is 0.00000242. The molecule has 1 heterocycles. The fourth-order valence-electron chi connectivity index (χ4n) is 2.18. The van der Waals surface area contributed by atoms with E-state index in [2.05, 4.69) is 17.1 Å². The van der Waals surface area contributed by atoms with E-state index in [4.69, 9.17) is 15.2 Å². The zero-order valence-corrected chi connectivity index (χ0v) is 14.8. The van der Waals surface area contributed by atoms with E-state index in [0.717, 1.165) is 24.5 Å². The van der Waals surface area contributed by atoms with Gasteiger partial charge in [0.15, 0.2) is 0 Å². The molecular formula is C15H25Cl2N3O3. The quantitative estimate of drug-likeness (QED) is 0.799. The van der Waals surface area contributed by atoms with Crippen molar-refractivity contribution in [2.24, 2.45) is 5.73 Å². The fraction of sp³-hybridized carbons (Fsp3) is 0.533. The Morgan fingerprint density at radius 1 is 1.39 bits per heavy atom. The highest BCUT2D eigenvalue weighted by molar-refractivity contribution is 5.94. The molecule has 8 heteroatoms. The lowest BCUT2D eigenvalue weighted by Crippen LogP contribution is -2.47. The summed E-state index contributed by atoms with van der Waals surface area (Å²) in [6.07, 6.45) is -0.410. The van der Waals surface area contributed by atoms with Crippen molar-refractivity contribution < 1.29 is 14.3 Å². The van der Waals surface area contributed by atoms with Crippen LogP contribution in [0.2, 0.25) is 0 Å². The van der Waals surface area contributed by atoms with Crippen molar-refractivity contribution in [1.82, 2.24) is 4.90 Å². The van der Waals surface area contributed by atoms with Crippen molar-refractivity contribution in [3.63, 3.8) is 0 Å². The maximum Gasteiger partial charge on any atom is 0.254 e. The SMILES string of the molecule is CCN1CCOC(C(=O)Nc2ccc(OCCN)cc2)C1.Cl.Cl. The average molecular weight is 366 g/mol. The molecule has 1 aromatic carbocycles. The molecule has 0 saturated carbocycles. The van der Waals surface area contributed by atoms with Gasteiger partial charge in [-0.25, -0.2) is 0 Å². The van der Waals surface area contributed by atoms with Gasteiger partial charge in [0.05, 0.1) is 6.61 Å². The summed E-state index contributed by atoms with van der Waals surface area (Å²) in [6.45, 7) is 6.09. The van der Waals surface area contributed by atoms with E-state index in [1.165, 1.54) is 0 Å². The Hall–Kier alpha value is -1.05. The van der Waals surface area contributed by atoms with Crippen LogP contribution in [0.1, 0.15) is 6.92 Å². The highest BCUT2D eigenvalue weighted by Gasteiger charge is 2.25. The second kappa shape index (κ2) is 11.5. The molecule has 1 saturated heterocycles. The number of benzene rings is 1. The molecule has 1 aliphatic heterocycles. The predicted octanol–water partition coefficient (Wildman–Crippen LogP) is 1.53. The van der Waals surface area contributed by atoms with Gasteiger partial charge in [0.2, 0.25) is 0 Å². The summed E-state index contributed by atoms with van der Waals surface area (Å²) in [7, 11) is 0. The van der Waals surface area contributed by atoms with Crippen molar-refractivity contribution in [3.05, 3.63) is 24.3 Å². The number of morpholine rings is 1. The summed E-state index contributed by atoms with van der Waals surface area (Å²) >= 11 is 0. The first-order valence-electron chi connectivity index (χ1n) is 7.30. The lowest BCUT2D eigenvalue weighted by atomic mass is 10.2. The van der Waals surface area contributed by atoms with Crippen molar-refractivity contribution in [3.8, 4) is 5.75 Å². The number of rotatable bonds is 6. The first kappa shape index (κ1) is 21.9. The van der Waals surface area contributed by atoms with Gasteiger partial charge in [-0.15, -0.1) is 24.8 Å². The van der Waals surface area contributed by atoms with Gasteiger partial charge >= 0.3 is 0 Å². The first-order valence-corrected chi connectivity index (χ1v) is 7.30. The minimum atomic E-state index is -0.410. The number of nitrogens with zero attached hydrogens (tertiary/aromatic N) is 1. The number of hydrogen-bond donors (Lipinski definition) is 2. The summed E-state index contributed by atoms with van der Waals surface area (Å²) in [6, 6.07) is 7.24. The molecule has 6 nitrogen and oxygen atoms in total. The fourth-order valence-corrected chi connectivity index (χ4v) is 2.18. The molecule has 1 amide bonds. The molecule has 0 bridgehead atoms. The number of hydrogen-bond acceptors (Lipinski definition) is 5. The Kier molecular flexibility index (Phi) is 11.0. The standard InChI is InChI=1S/C15H23N3O3.2ClH/c1-2-18-8-10-21-14(11-18)15(19)17-12-3-5-13(6-4-12)20-9-7-16;;/h3-6,14H,2,7-11,16H2,1H3,(H,17,19);2*1H. The summed E-state index contributed by atoms with van der Waals surface area (Å²) in [5.74, 6) is 0.633. The third kappa shape index (κ3) is 6.93. The van der Waals surface area contributed by atoms with Gasteiger partial charge in [-0.1, -0.05) is 6.92 Å². The number of carbonyl (C=O) groups is 1. The summed E-state index contributed by atoms with van der Waals surface area (Å²) in [5.41, 5.74) is 6.11. The maximum absolute atomic E-state index is 12.2. The highest BCUT2D eigenvalue weighted by Crippen LogP contribution is 2.16. The van der Waals surface area contributed by atoms with Gasteiger partial charge < -0.3 is 20.5 Å². The molecule has 3 N–H and O–H groups in total. The van der Waals surface area contributed by atoms with Crippen LogP contribution in [0.5, 0.6) is 5.75 Å². The number of halogens is 2. The molecule has 1 aromatic rings. The smallest absolute Gasteiger partial charge is 0.254 e. The van der Waals surface area contributed by atoms with Gasteiger partial charge in [-0.05, 0) is 30.8 Å². The van der Waals surface area contributed by atoms with Crippen molar-refractivity contribution in [2.45, 2.75) is 13.0 Å². The molecule has 0 spiro atoms. The summed E-state index contributed by atoms with van der Waals surface area (Å²) < 4.78 is 10.9. The van der Waals surface area contributed by atoms with E-state index in [0.29, 0.717) is 26.3 Å². The van der Waals surface area contributed by atoms with E-state index in [9.17, 15) is 4.79 Å². The second-order valence-corrected chi connectivity index (χ2v) is 4.90. The van der Waals surface area contributed by atoms with Crippen LogP contribution in [0.25, 0.3) is 0 Å². The second-order valence-electron chi connectivity index (χ2n) is 4.90. The number of anilines is 1. The molecule has 0 radical (unpaired) electrons. The van der Waals surface area contributed by atoms with Crippen LogP contribution in [-0.2, 0) is 9.53 Å². The highest BCUT2D eigenvalue weighted by atomic mass is 35.5. The molecule has 1 atom stereocenters. The normalized spacial score (nSPS) is 17.6. The number of nitrogens with two attached hydrogens (primary N) is 1. The predicted molar refractivity (Wildman–Crippen MR) is 96.0 cm³/mol. The van der Waals surface area contributed by atoms with E-state index >= 15 is 0 Å². The Bertz CT molecular complexity index is 460. The summed E-state index contributed by atoms with van der Waals surface area (Å²) in [4.78, 5) is 14.4. The molecule has 1 unspecified atom stereocenters. The van der Waals surface area contributed by atoms with Gasteiger partial charge in [0, 0.05) is 25.3 Å². The number of carbonyl (C=O) groups excluding carboxylic acids is 1. The van der Waals surface area contributed by atoms with E-state index in [1.54, 1.807) is 0 Å². The molecular weight excluding hydrogens is 341 g/mol. The minimum absolute atomic E-state index is 0. The van der Waals surface area contributed by atoms with E-state index < -0.39 is 6.10 Å². The van der Waals surface area contributed by atoms with Crippen molar-refractivity contribution in [1.29, 1.82) is 0 Å². The van der Waals surface area contributed by atoms with Crippen LogP contribution < -0.4 is 15.8 Å². The van der Waals surface area contributed by atoms with Gasteiger partial charge in [-0.2, -0.15) is 0 Å². The molecule has 0 aliphatic carbocycles. The monoisotopic (exact) mass is 365 g/mol. The molecule has 0 aromatic heterocycles. The molecule has 1 aliphatic rings. The molecule has 132 valence electrons. The topological polar surface area (TPSA) is 76.8 Å². The number of nitrogens with one attached hydrogen (secondary N) is 1. The zero-order chi connectivity index (χ0) is 15.1. The van der Waals surface area contributed by atoms with Crippen molar-refractivity contribution in [2.75, 3.05) is 44.7 Å². The third-order valence-electron chi connectivity index (χ3n) is 3.40. The number of ether oxygens (including phenoxy) is 2. The van der Waals surface area contributed by atoms with Crippen LogP contribution >= 0.6 is 24.8 Å². The Morgan fingerprint density at radius 3 is 2.70 bits per heavy atom. The Morgan fingerprint density at radius 2 is 2.09 bits per heavy atom. The third-order valence-corrected chi connectivity index (χ3v) is 3.40. The average Bonchev–Trinajstić information content (AvgIpc) is 2.54. The minimum Gasteiger partial charge on any atom is -0.492 e. The van der Waals surface area contributed by atoms with Gasteiger partial charge in [-0.3, -0.25) is 9.69 Å². The number of likely N-dealkylation sites (N-methyl/N-ethyl adjacent to an activating group) is 1. The molecule has 23 heavy (non-hydrogen) atoms. The molecule has 1 fully saturated rings. The van der Waals surface area contributed by atoms with Crippen molar-refractivity contribution >= 4 is 36.4 Å². The van der Waals surface area contributed by atoms with Crippen LogP contribution in [0.4, 0.5) is 5.69 Å². The van der Waals surface area contributed by atoms with Crippen LogP contribution in [-0.4, -0.2) is 56.3 Å². The van der Waals surface area contributed by atoms with E-state index in [-0.39, 0.29) is 30.7 Å². The van der Waals surface area contributed by atoms with Crippen LogP contribution in [0.3, 0.4) is 0 Å². The largest absolute Gasteiger partial charge is 0.492 e. The zero-order valence-electron chi connectivity index (χ0n) is 13.2. The van der Waals surface area contributed by atoms with Gasteiger partial charge in [0.1, 0.15) is 18.5 Å². The maximum atomic E-state index is 12.2. The van der Waals surface area contributed by atoms with E-state index in [1.807, 2.05) is 24.3 Å². The lowest BCUT2D eigenvalue weighted by molar-refractivity contribution is -0.132. The molecule has 2 rings (SSSR count). The van der Waals surface area contributed by atoms with Crippen LogP contribution in [0.15, 0.2) is 24.3 Å². The van der Waals surface area contributed by atoms with Gasteiger partial charge in [0.25, 0.3) is 5.91 Å². The number of amides is 1. The Labute approximate surface area is 149 Å². The summed E-state index contributed by atoms with van der Waals surface area (Å²) in [5, 5.41) is 2.87. The first-order chi connectivity index (χ1) is 10.2.